The number of nitrogens with one attached hydrogen (secondary N) is 1. The molecule has 6 nitrogen and oxygen atoms in total. The van der Waals surface area contributed by atoms with Crippen molar-refractivity contribution in [2.75, 3.05) is 42.9 Å². The number of fused-ring (bicyclic) bond motifs is 3. The van der Waals surface area contributed by atoms with Gasteiger partial charge in [0.05, 0.1) is 17.4 Å². The van der Waals surface area contributed by atoms with Crippen LogP contribution in [0.4, 0.5) is 11.5 Å². The summed E-state index contributed by atoms with van der Waals surface area (Å²) in [4.78, 5) is 4.91. The van der Waals surface area contributed by atoms with E-state index in [9.17, 15) is 5.11 Å². The summed E-state index contributed by atoms with van der Waals surface area (Å²) in [6.07, 6.45) is 0. The number of rotatable bonds is 2. The summed E-state index contributed by atoms with van der Waals surface area (Å²) in [5.41, 5.74) is 2.52. The SMILES string of the molecule is CCN1CCN2c3cc(-c4ccccc4O)nnc3NCC2C1. The van der Waals surface area contributed by atoms with Crippen LogP contribution in [0.1, 0.15) is 6.92 Å². The molecule has 2 aromatic rings. The van der Waals surface area contributed by atoms with E-state index < -0.39 is 0 Å². The second kappa shape index (κ2) is 5.70. The van der Waals surface area contributed by atoms with Gasteiger partial charge in [-0.15, -0.1) is 10.2 Å². The average Bonchev–Trinajstić information content (AvgIpc) is 2.61. The predicted octanol–water partition coefficient (Wildman–Crippen LogP) is 1.79. The lowest BCUT2D eigenvalue weighted by atomic mass is 10.1. The van der Waals surface area contributed by atoms with Crippen molar-refractivity contribution in [3.05, 3.63) is 30.3 Å². The molecule has 2 N–H and O–H groups in total. The van der Waals surface area contributed by atoms with Crippen molar-refractivity contribution in [1.82, 2.24) is 15.1 Å². The second-order valence-corrected chi connectivity index (χ2v) is 6.10. The second-order valence-electron chi connectivity index (χ2n) is 6.10. The summed E-state index contributed by atoms with van der Waals surface area (Å²) < 4.78 is 0. The number of benzene rings is 1. The molecule has 2 aliphatic heterocycles. The number of phenolic OH excluding ortho intramolecular Hbond substituents is 1. The van der Waals surface area contributed by atoms with Gasteiger partial charge in [-0.1, -0.05) is 19.1 Å². The summed E-state index contributed by atoms with van der Waals surface area (Å²) in [5, 5.41) is 22.1. The minimum atomic E-state index is 0.234. The van der Waals surface area contributed by atoms with E-state index in [0.29, 0.717) is 11.7 Å². The number of piperazine rings is 1. The van der Waals surface area contributed by atoms with Crippen LogP contribution in [0.15, 0.2) is 30.3 Å². The van der Waals surface area contributed by atoms with E-state index in [0.717, 1.165) is 49.8 Å². The Balaban J connectivity index is 1.70. The molecule has 2 aliphatic rings. The van der Waals surface area contributed by atoms with Gasteiger partial charge in [0.15, 0.2) is 5.82 Å². The Hall–Kier alpha value is -2.34. The first-order chi connectivity index (χ1) is 11.3. The van der Waals surface area contributed by atoms with E-state index in [4.69, 9.17) is 0 Å². The molecule has 0 bridgehead atoms. The molecule has 0 amide bonds. The lowest BCUT2D eigenvalue weighted by Crippen LogP contribution is -2.57. The Kier molecular flexibility index (Phi) is 3.53. The van der Waals surface area contributed by atoms with Crippen LogP contribution in [0.5, 0.6) is 5.75 Å². The summed E-state index contributed by atoms with van der Waals surface area (Å²) in [6, 6.07) is 9.76. The minimum Gasteiger partial charge on any atom is -0.507 e. The highest BCUT2D eigenvalue weighted by Gasteiger charge is 2.32. The number of aromatic nitrogens is 2. The zero-order valence-corrected chi connectivity index (χ0v) is 13.2. The molecule has 1 atom stereocenters. The number of hydrogen-bond acceptors (Lipinski definition) is 6. The molecule has 1 saturated heterocycles. The summed E-state index contributed by atoms with van der Waals surface area (Å²) in [7, 11) is 0. The van der Waals surface area contributed by atoms with Crippen molar-refractivity contribution in [3.63, 3.8) is 0 Å². The van der Waals surface area contributed by atoms with Crippen LogP contribution in [-0.2, 0) is 0 Å². The fourth-order valence-electron chi connectivity index (χ4n) is 3.46. The molecule has 0 spiro atoms. The van der Waals surface area contributed by atoms with Crippen molar-refractivity contribution in [1.29, 1.82) is 0 Å². The van der Waals surface area contributed by atoms with Gasteiger partial charge in [-0.05, 0) is 24.7 Å². The Morgan fingerprint density at radius 2 is 2.13 bits per heavy atom. The van der Waals surface area contributed by atoms with Crippen LogP contribution >= 0.6 is 0 Å². The quantitative estimate of drug-likeness (QED) is 0.881. The number of nitrogens with zero attached hydrogens (tertiary/aromatic N) is 4. The molecule has 1 fully saturated rings. The van der Waals surface area contributed by atoms with Gasteiger partial charge >= 0.3 is 0 Å². The molecular weight excluding hydrogens is 290 g/mol. The van der Waals surface area contributed by atoms with Crippen LogP contribution < -0.4 is 10.2 Å². The standard InChI is InChI=1S/C17H21N5O/c1-2-21-7-8-22-12(11-21)10-18-17-15(22)9-14(19-20-17)13-5-3-4-6-16(13)23/h3-6,9,12,23H,2,7-8,10-11H2,1H3,(H,18,20). The van der Waals surface area contributed by atoms with Gasteiger partial charge in [-0.25, -0.2) is 0 Å². The summed E-state index contributed by atoms with van der Waals surface area (Å²) in [5.74, 6) is 1.07. The van der Waals surface area contributed by atoms with Crippen LogP contribution in [0.2, 0.25) is 0 Å². The van der Waals surface area contributed by atoms with Gasteiger partial charge in [0.2, 0.25) is 0 Å². The Bertz CT molecular complexity index is 720. The van der Waals surface area contributed by atoms with Crippen LogP contribution in [0, 0.1) is 0 Å². The molecule has 3 heterocycles. The number of hydrogen-bond donors (Lipinski definition) is 2. The van der Waals surface area contributed by atoms with Gasteiger partial charge in [0.25, 0.3) is 0 Å². The number of likely N-dealkylation sites (N-methyl/N-ethyl adjacent to an activating group) is 1. The molecule has 1 aromatic heterocycles. The van der Waals surface area contributed by atoms with Gasteiger partial charge in [0.1, 0.15) is 5.75 Å². The van der Waals surface area contributed by atoms with Crippen molar-refractivity contribution in [2.45, 2.75) is 13.0 Å². The Morgan fingerprint density at radius 1 is 1.26 bits per heavy atom. The van der Waals surface area contributed by atoms with E-state index in [2.05, 4.69) is 32.2 Å². The predicted molar refractivity (Wildman–Crippen MR) is 90.9 cm³/mol. The third kappa shape index (κ3) is 2.49. The molecule has 0 aliphatic carbocycles. The zero-order chi connectivity index (χ0) is 15.8. The lowest BCUT2D eigenvalue weighted by Gasteiger charge is -2.45. The molecule has 4 rings (SSSR count). The first-order valence-corrected chi connectivity index (χ1v) is 8.15. The van der Waals surface area contributed by atoms with Crippen molar-refractivity contribution < 1.29 is 5.11 Å². The van der Waals surface area contributed by atoms with Gasteiger partial charge in [0, 0.05) is 31.7 Å². The monoisotopic (exact) mass is 311 g/mol. The number of para-hydroxylation sites is 1. The Labute approximate surface area is 135 Å². The first-order valence-electron chi connectivity index (χ1n) is 8.15. The highest BCUT2D eigenvalue weighted by molar-refractivity contribution is 5.76. The zero-order valence-electron chi connectivity index (χ0n) is 13.2. The molecule has 1 unspecified atom stereocenters. The normalized spacial score (nSPS) is 20.6. The third-order valence-electron chi connectivity index (χ3n) is 4.78. The van der Waals surface area contributed by atoms with E-state index >= 15 is 0 Å². The summed E-state index contributed by atoms with van der Waals surface area (Å²) in [6.45, 7) is 7.33. The number of phenols is 1. The van der Waals surface area contributed by atoms with E-state index in [1.807, 2.05) is 24.3 Å². The topological polar surface area (TPSA) is 64.5 Å². The maximum atomic E-state index is 10.1. The fraction of sp³-hybridized carbons (Fsp3) is 0.412. The smallest absolute Gasteiger partial charge is 0.172 e. The molecule has 120 valence electrons. The van der Waals surface area contributed by atoms with Gasteiger partial charge < -0.3 is 15.3 Å². The third-order valence-corrected chi connectivity index (χ3v) is 4.78. The average molecular weight is 311 g/mol. The fourth-order valence-corrected chi connectivity index (χ4v) is 3.46. The molecule has 0 radical (unpaired) electrons. The van der Waals surface area contributed by atoms with Gasteiger partial charge in [-0.2, -0.15) is 0 Å². The van der Waals surface area contributed by atoms with Crippen LogP contribution in [0.25, 0.3) is 11.3 Å². The highest BCUT2D eigenvalue weighted by atomic mass is 16.3. The van der Waals surface area contributed by atoms with Crippen molar-refractivity contribution in [3.8, 4) is 17.0 Å². The molecular formula is C17H21N5O. The maximum absolute atomic E-state index is 10.1. The van der Waals surface area contributed by atoms with Crippen molar-refractivity contribution >= 4 is 11.5 Å². The van der Waals surface area contributed by atoms with Crippen LogP contribution in [-0.4, -0.2) is 59.0 Å². The number of anilines is 2. The van der Waals surface area contributed by atoms with E-state index in [1.54, 1.807) is 6.07 Å². The largest absolute Gasteiger partial charge is 0.507 e. The first kappa shape index (κ1) is 14.3. The Morgan fingerprint density at radius 3 is 2.96 bits per heavy atom. The molecule has 23 heavy (non-hydrogen) atoms. The van der Waals surface area contributed by atoms with E-state index in [1.165, 1.54) is 0 Å². The lowest BCUT2D eigenvalue weighted by molar-refractivity contribution is 0.235. The molecule has 1 aromatic carbocycles. The van der Waals surface area contributed by atoms with Crippen molar-refractivity contribution in [2.24, 2.45) is 0 Å². The molecule has 0 saturated carbocycles. The number of aromatic hydroxyl groups is 1. The highest BCUT2D eigenvalue weighted by Crippen LogP contribution is 2.35. The maximum Gasteiger partial charge on any atom is 0.172 e. The van der Waals surface area contributed by atoms with Gasteiger partial charge in [-0.3, -0.25) is 4.90 Å². The molecule has 6 heteroatoms. The van der Waals surface area contributed by atoms with Crippen LogP contribution in [0.3, 0.4) is 0 Å². The summed E-state index contributed by atoms with van der Waals surface area (Å²) >= 11 is 0. The van der Waals surface area contributed by atoms with E-state index in [-0.39, 0.29) is 5.75 Å². The minimum absolute atomic E-state index is 0.234.